The van der Waals surface area contributed by atoms with Crippen LogP contribution >= 0.6 is 23.2 Å². The topological polar surface area (TPSA) is 40.7 Å². The summed E-state index contributed by atoms with van der Waals surface area (Å²) < 4.78 is 0. The van der Waals surface area contributed by atoms with E-state index in [2.05, 4.69) is 15.5 Å². The Balaban J connectivity index is 2.35. The van der Waals surface area contributed by atoms with Crippen LogP contribution in [0.25, 0.3) is 11.3 Å². The molecule has 0 aliphatic rings. The molecular formula is C11H11Cl2N3. The molecule has 0 saturated heterocycles. The van der Waals surface area contributed by atoms with Crippen LogP contribution in [-0.2, 0) is 6.54 Å². The predicted octanol–water partition coefficient (Wildman–Crippen LogP) is 3.10. The van der Waals surface area contributed by atoms with E-state index in [1.54, 1.807) is 12.1 Å². The Morgan fingerprint density at radius 3 is 2.81 bits per heavy atom. The van der Waals surface area contributed by atoms with E-state index < -0.39 is 0 Å². The number of nitrogens with zero attached hydrogens (tertiary/aromatic N) is 1. The van der Waals surface area contributed by atoms with E-state index in [0.29, 0.717) is 10.0 Å². The summed E-state index contributed by atoms with van der Waals surface area (Å²) in [5.74, 6) is 0. The fourth-order valence-electron chi connectivity index (χ4n) is 1.48. The number of rotatable bonds is 3. The second kappa shape index (κ2) is 4.87. The average molecular weight is 256 g/mol. The largest absolute Gasteiger partial charge is 0.314 e. The van der Waals surface area contributed by atoms with Crippen molar-refractivity contribution in [2.45, 2.75) is 6.54 Å². The van der Waals surface area contributed by atoms with Crippen LogP contribution < -0.4 is 5.32 Å². The summed E-state index contributed by atoms with van der Waals surface area (Å²) in [6.07, 6.45) is 0. The molecule has 16 heavy (non-hydrogen) atoms. The predicted molar refractivity (Wildman–Crippen MR) is 66.8 cm³/mol. The number of halogens is 2. The molecule has 0 amide bonds. The number of aromatic amines is 1. The highest BCUT2D eigenvalue weighted by Gasteiger charge is 2.07. The molecule has 2 aromatic rings. The van der Waals surface area contributed by atoms with E-state index >= 15 is 0 Å². The minimum absolute atomic E-state index is 0.606. The third kappa shape index (κ3) is 2.38. The van der Waals surface area contributed by atoms with Crippen molar-refractivity contribution in [2.24, 2.45) is 0 Å². The molecule has 2 N–H and O–H groups in total. The van der Waals surface area contributed by atoms with Crippen LogP contribution in [0.3, 0.4) is 0 Å². The molecule has 0 atom stereocenters. The summed E-state index contributed by atoms with van der Waals surface area (Å²) in [6, 6.07) is 7.34. The SMILES string of the molecule is CNCc1cc(-c2ccc(Cl)cc2Cl)n[nH]1. The number of aromatic nitrogens is 2. The van der Waals surface area contributed by atoms with Crippen molar-refractivity contribution in [1.29, 1.82) is 0 Å². The maximum absolute atomic E-state index is 6.10. The molecule has 0 bridgehead atoms. The first-order valence-electron chi connectivity index (χ1n) is 4.85. The van der Waals surface area contributed by atoms with Gasteiger partial charge in [-0.3, -0.25) is 5.10 Å². The van der Waals surface area contributed by atoms with Gasteiger partial charge in [0.1, 0.15) is 0 Å². The van der Waals surface area contributed by atoms with Crippen LogP contribution in [0.4, 0.5) is 0 Å². The molecule has 0 saturated carbocycles. The van der Waals surface area contributed by atoms with Crippen molar-refractivity contribution >= 4 is 23.2 Å². The lowest BCUT2D eigenvalue weighted by Crippen LogP contribution is -2.04. The molecule has 1 heterocycles. The van der Waals surface area contributed by atoms with E-state index in [9.17, 15) is 0 Å². The monoisotopic (exact) mass is 255 g/mol. The van der Waals surface area contributed by atoms with Crippen molar-refractivity contribution in [3.63, 3.8) is 0 Å². The molecule has 2 rings (SSSR count). The first-order valence-corrected chi connectivity index (χ1v) is 5.60. The van der Waals surface area contributed by atoms with Crippen molar-refractivity contribution in [3.05, 3.63) is 40.0 Å². The summed E-state index contributed by atoms with van der Waals surface area (Å²) >= 11 is 11.9. The molecule has 1 aromatic carbocycles. The van der Waals surface area contributed by atoms with Gasteiger partial charge in [0.15, 0.2) is 0 Å². The minimum atomic E-state index is 0.606. The van der Waals surface area contributed by atoms with Crippen molar-refractivity contribution in [3.8, 4) is 11.3 Å². The van der Waals surface area contributed by atoms with E-state index in [-0.39, 0.29) is 0 Å². The molecule has 0 aliphatic heterocycles. The van der Waals surface area contributed by atoms with Crippen LogP contribution in [0.5, 0.6) is 0 Å². The summed E-state index contributed by atoms with van der Waals surface area (Å²) in [6.45, 7) is 0.748. The van der Waals surface area contributed by atoms with Gasteiger partial charge in [-0.25, -0.2) is 0 Å². The Bertz CT molecular complexity index is 494. The van der Waals surface area contributed by atoms with E-state index in [0.717, 1.165) is 23.5 Å². The number of H-pyrrole nitrogens is 1. The Kier molecular flexibility index (Phi) is 3.49. The lowest BCUT2D eigenvalue weighted by Gasteiger charge is -2.00. The van der Waals surface area contributed by atoms with Crippen molar-refractivity contribution in [2.75, 3.05) is 7.05 Å². The Labute approximate surface area is 104 Å². The summed E-state index contributed by atoms with van der Waals surface area (Å²) in [5, 5.41) is 11.4. The zero-order chi connectivity index (χ0) is 11.5. The molecule has 0 fully saturated rings. The van der Waals surface area contributed by atoms with E-state index in [1.165, 1.54) is 0 Å². The van der Waals surface area contributed by atoms with Crippen LogP contribution in [-0.4, -0.2) is 17.2 Å². The molecule has 1 aromatic heterocycles. The highest BCUT2D eigenvalue weighted by atomic mass is 35.5. The third-order valence-corrected chi connectivity index (χ3v) is 2.75. The average Bonchev–Trinajstić information content (AvgIpc) is 2.67. The number of hydrogen-bond donors (Lipinski definition) is 2. The number of benzene rings is 1. The molecule has 3 nitrogen and oxygen atoms in total. The molecule has 84 valence electrons. The zero-order valence-corrected chi connectivity index (χ0v) is 10.2. The van der Waals surface area contributed by atoms with Gasteiger partial charge < -0.3 is 5.32 Å². The Morgan fingerprint density at radius 2 is 2.12 bits per heavy atom. The lowest BCUT2D eigenvalue weighted by atomic mass is 10.1. The quantitative estimate of drug-likeness (QED) is 0.885. The van der Waals surface area contributed by atoms with Gasteiger partial charge >= 0.3 is 0 Å². The molecular weight excluding hydrogens is 245 g/mol. The highest BCUT2D eigenvalue weighted by molar-refractivity contribution is 6.36. The molecule has 0 spiro atoms. The van der Waals surface area contributed by atoms with E-state index in [4.69, 9.17) is 23.2 Å². The molecule has 0 radical (unpaired) electrons. The van der Waals surface area contributed by atoms with Gasteiger partial charge in [0.2, 0.25) is 0 Å². The van der Waals surface area contributed by atoms with Gasteiger partial charge in [-0.05, 0) is 31.3 Å². The standard InChI is InChI=1S/C11H11Cl2N3/c1-14-6-8-5-11(16-15-8)9-3-2-7(12)4-10(9)13/h2-5,14H,6H2,1H3,(H,15,16). The van der Waals surface area contributed by atoms with Gasteiger partial charge in [-0.15, -0.1) is 0 Å². The van der Waals surface area contributed by atoms with Gasteiger partial charge in [-0.2, -0.15) is 5.10 Å². The lowest BCUT2D eigenvalue weighted by molar-refractivity contribution is 0.784. The van der Waals surface area contributed by atoms with Crippen molar-refractivity contribution in [1.82, 2.24) is 15.5 Å². The summed E-state index contributed by atoms with van der Waals surface area (Å²) in [7, 11) is 1.88. The maximum Gasteiger partial charge on any atom is 0.0939 e. The minimum Gasteiger partial charge on any atom is -0.314 e. The fraction of sp³-hybridized carbons (Fsp3) is 0.182. The van der Waals surface area contributed by atoms with Gasteiger partial charge in [0.05, 0.1) is 10.7 Å². The van der Waals surface area contributed by atoms with Crippen molar-refractivity contribution < 1.29 is 0 Å². The molecule has 5 heteroatoms. The first kappa shape index (κ1) is 11.5. The van der Waals surface area contributed by atoms with Crippen LogP contribution in [0.15, 0.2) is 24.3 Å². The summed E-state index contributed by atoms with van der Waals surface area (Å²) in [4.78, 5) is 0. The van der Waals surface area contributed by atoms with Gasteiger partial charge in [-0.1, -0.05) is 23.2 Å². The first-order chi connectivity index (χ1) is 7.70. The second-order valence-electron chi connectivity index (χ2n) is 3.43. The highest BCUT2D eigenvalue weighted by Crippen LogP contribution is 2.29. The Hall–Kier alpha value is -1.03. The fourth-order valence-corrected chi connectivity index (χ4v) is 1.98. The van der Waals surface area contributed by atoms with E-state index in [1.807, 2.05) is 19.2 Å². The zero-order valence-electron chi connectivity index (χ0n) is 8.72. The molecule has 0 unspecified atom stereocenters. The normalized spacial score (nSPS) is 10.7. The summed E-state index contributed by atoms with van der Waals surface area (Å²) in [5.41, 5.74) is 2.72. The smallest absolute Gasteiger partial charge is 0.0939 e. The number of hydrogen-bond acceptors (Lipinski definition) is 2. The van der Waals surface area contributed by atoms with Crippen LogP contribution in [0.1, 0.15) is 5.69 Å². The van der Waals surface area contributed by atoms with Crippen LogP contribution in [0.2, 0.25) is 10.0 Å². The van der Waals surface area contributed by atoms with Gasteiger partial charge in [0, 0.05) is 22.8 Å². The van der Waals surface area contributed by atoms with Crippen LogP contribution in [0, 0.1) is 0 Å². The maximum atomic E-state index is 6.10. The molecule has 0 aliphatic carbocycles. The Morgan fingerprint density at radius 1 is 1.31 bits per heavy atom. The van der Waals surface area contributed by atoms with Gasteiger partial charge in [0.25, 0.3) is 0 Å². The second-order valence-corrected chi connectivity index (χ2v) is 4.28. The number of nitrogens with one attached hydrogen (secondary N) is 2. The third-order valence-electron chi connectivity index (χ3n) is 2.21.